The minimum Gasteiger partial charge on any atom is -0.350 e. The summed E-state index contributed by atoms with van der Waals surface area (Å²) in [4.78, 5) is 12.9. The van der Waals surface area contributed by atoms with Crippen LogP contribution in [0.25, 0.3) is 0 Å². The van der Waals surface area contributed by atoms with Crippen LogP contribution in [0.4, 0.5) is 5.69 Å². The van der Waals surface area contributed by atoms with Crippen molar-refractivity contribution in [2.45, 2.75) is 39.8 Å². The number of carbonyl (C=O) groups excluding carboxylic acids is 1. The Balaban J connectivity index is 2.31. The molecule has 2 aromatic carbocycles. The summed E-state index contributed by atoms with van der Waals surface area (Å²) in [5.74, 6) is -0.391. The van der Waals surface area contributed by atoms with Crippen LogP contribution < -0.4 is 9.62 Å². The van der Waals surface area contributed by atoms with Crippen molar-refractivity contribution in [2.24, 2.45) is 0 Å². The van der Waals surface area contributed by atoms with Crippen molar-refractivity contribution >= 4 is 44.8 Å². The molecule has 0 spiro atoms. The Morgan fingerprint density at radius 2 is 1.71 bits per heavy atom. The highest BCUT2D eigenvalue weighted by Gasteiger charge is 2.31. The van der Waals surface area contributed by atoms with Gasteiger partial charge in [-0.2, -0.15) is 0 Å². The smallest absolute Gasteiger partial charge is 0.244 e. The molecule has 0 aromatic heterocycles. The minimum absolute atomic E-state index is 0.176. The zero-order valence-electron chi connectivity index (χ0n) is 16.3. The van der Waals surface area contributed by atoms with Gasteiger partial charge in [0.25, 0.3) is 0 Å². The molecule has 152 valence electrons. The molecule has 5 nitrogen and oxygen atoms in total. The SMILES string of the molecule is CC[C@H](C(=O)NCc1ccc(Cl)cc1Cl)N(c1cc(C)cc(C)c1)S(C)(=O)=O. The summed E-state index contributed by atoms with van der Waals surface area (Å²) in [5, 5.41) is 3.73. The number of carbonyl (C=O) groups is 1. The molecular weight excluding hydrogens is 419 g/mol. The van der Waals surface area contributed by atoms with Crippen molar-refractivity contribution in [3.05, 3.63) is 63.1 Å². The van der Waals surface area contributed by atoms with E-state index in [9.17, 15) is 13.2 Å². The summed E-state index contributed by atoms with van der Waals surface area (Å²) < 4.78 is 26.3. The van der Waals surface area contributed by atoms with Gasteiger partial charge in [-0.05, 0) is 61.2 Å². The number of anilines is 1. The Labute approximate surface area is 176 Å². The largest absolute Gasteiger partial charge is 0.350 e. The molecule has 0 bridgehead atoms. The second-order valence-corrected chi connectivity index (χ2v) is 9.49. The number of aryl methyl sites for hydroxylation is 2. The van der Waals surface area contributed by atoms with Crippen LogP contribution in [0.3, 0.4) is 0 Å². The molecule has 1 atom stereocenters. The minimum atomic E-state index is -3.68. The normalized spacial score (nSPS) is 12.5. The third-order valence-electron chi connectivity index (χ3n) is 4.26. The standard InChI is InChI=1S/C20H24Cl2N2O3S/c1-5-19(20(25)23-12-15-6-7-16(21)11-18(15)22)24(28(4,26)27)17-9-13(2)8-14(3)10-17/h6-11,19H,5,12H2,1-4H3,(H,23,25)/t19-/m1/s1. The zero-order valence-corrected chi connectivity index (χ0v) is 18.6. The van der Waals surface area contributed by atoms with Crippen LogP contribution in [0, 0.1) is 13.8 Å². The van der Waals surface area contributed by atoms with E-state index in [1.807, 2.05) is 19.9 Å². The zero-order chi connectivity index (χ0) is 21.1. The maximum atomic E-state index is 12.9. The second-order valence-electron chi connectivity index (χ2n) is 6.78. The third kappa shape index (κ3) is 5.63. The quantitative estimate of drug-likeness (QED) is 0.687. The first-order chi connectivity index (χ1) is 13.0. The number of benzene rings is 2. The molecule has 8 heteroatoms. The van der Waals surface area contributed by atoms with Crippen LogP contribution in [-0.4, -0.2) is 26.6 Å². The van der Waals surface area contributed by atoms with Gasteiger partial charge in [0.1, 0.15) is 6.04 Å². The van der Waals surface area contributed by atoms with Crippen molar-refractivity contribution < 1.29 is 13.2 Å². The highest BCUT2D eigenvalue weighted by molar-refractivity contribution is 7.92. The first-order valence-corrected chi connectivity index (χ1v) is 11.4. The molecule has 0 aliphatic heterocycles. The first kappa shape index (κ1) is 22.5. The van der Waals surface area contributed by atoms with Crippen molar-refractivity contribution in [3.63, 3.8) is 0 Å². The summed E-state index contributed by atoms with van der Waals surface area (Å²) >= 11 is 12.0. The molecule has 0 aliphatic carbocycles. The Morgan fingerprint density at radius 3 is 2.21 bits per heavy atom. The molecule has 1 N–H and O–H groups in total. The monoisotopic (exact) mass is 442 g/mol. The highest BCUT2D eigenvalue weighted by atomic mass is 35.5. The van der Waals surface area contributed by atoms with Crippen molar-refractivity contribution in [1.82, 2.24) is 5.32 Å². The number of nitrogens with one attached hydrogen (secondary N) is 1. The molecule has 0 fully saturated rings. The molecule has 0 saturated heterocycles. The fourth-order valence-electron chi connectivity index (χ4n) is 3.10. The topological polar surface area (TPSA) is 66.5 Å². The van der Waals surface area contributed by atoms with Gasteiger partial charge in [0.05, 0.1) is 11.9 Å². The summed E-state index contributed by atoms with van der Waals surface area (Å²) in [6, 6.07) is 9.62. The molecule has 1 amide bonds. The Bertz CT molecular complexity index is 957. The number of hydrogen-bond donors (Lipinski definition) is 1. The molecule has 0 saturated carbocycles. The Kier molecular flexibility index (Phi) is 7.37. The van der Waals surface area contributed by atoms with E-state index in [2.05, 4.69) is 5.32 Å². The number of halogens is 2. The van der Waals surface area contributed by atoms with E-state index in [1.54, 1.807) is 37.3 Å². The van der Waals surface area contributed by atoms with Crippen LogP contribution in [0.1, 0.15) is 30.0 Å². The summed E-state index contributed by atoms with van der Waals surface area (Å²) in [5.41, 5.74) is 3.02. The molecule has 0 radical (unpaired) electrons. The van der Waals surface area contributed by atoms with Gasteiger partial charge in [-0.1, -0.05) is 42.3 Å². The molecule has 0 heterocycles. The van der Waals surface area contributed by atoms with Crippen molar-refractivity contribution in [2.75, 3.05) is 10.6 Å². The van der Waals surface area contributed by atoms with Gasteiger partial charge in [0.2, 0.25) is 15.9 Å². The summed E-state index contributed by atoms with van der Waals surface area (Å²) in [6.45, 7) is 5.73. The van der Waals surface area contributed by atoms with Gasteiger partial charge in [0, 0.05) is 16.6 Å². The van der Waals surface area contributed by atoms with E-state index in [1.165, 1.54) is 4.31 Å². The van der Waals surface area contributed by atoms with E-state index < -0.39 is 22.0 Å². The predicted molar refractivity (Wildman–Crippen MR) is 116 cm³/mol. The van der Waals surface area contributed by atoms with Crippen molar-refractivity contribution in [3.8, 4) is 0 Å². The van der Waals surface area contributed by atoms with E-state index in [0.717, 1.165) is 17.4 Å². The third-order valence-corrected chi connectivity index (χ3v) is 6.03. The van der Waals surface area contributed by atoms with Crippen LogP contribution in [0.15, 0.2) is 36.4 Å². The molecule has 0 unspecified atom stereocenters. The molecule has 2 aromatic rings. The van der Waals surface area contributed by atoms with Crippen LogP contribution >= 0.6 is 23.2 Å². The second kappa shape index (κ2) is 9.16. The summed E-state index contributed by atoms with van der Waals surface area (Å²) in [7, 11) is -3.68. The Morgan fingerprint density at radius 1 is 1.11 bits per heavy atom. The van der Waals surface area contributed by atoms with Gasteiger partial charge < -0.3 is 5.32 Å². The van der Waals surface area contributed by atoms with Crippen molar-refractivity contribution in [1.29, 1.82) is 0 Å². The maximum absolute atomic E-state index is 12.9. The molecule has 2 rings (SSSR count). The lowest BCUT2D eigenvalue weighted by Gasteiger charge is -2.30. The highest BCUT2D eigenvalue weighted by Crippen LogP contribution is 2.26. The lowest BCUT2D eigenvalue weighted by molar-refractivity contribution is -0.122. The summed E-state index contributed by atoms with van der Waals surface area (Å²) in [6.07, 6.45) is 1.43. The predicted octanol–water partition coefficient (Wildman–Crippen LogP) is 4.47. The van der Waals surface area contributed by atoms with Gasteiger partial charge in [-0.25, -0.2) is 8.42 Å². The molecule has 0 aliphatic rings. The van der Waals surface area contributed by atoms with Crippen LogP contribution in [0.2, 0.25) is 10.0 Å². The Hall–Kier alpha value is -1.76. The fraction of sp³-hybridized carbons (Fsp3) is 0.350. The average Bonchev–Trinajstić information content (AvgIpc) is 2.56. The maximum Gasteiger partial charge on any atom is 0.244 e. The van der Waals surface area contributed by atoms with Gasteiger partial charge >= 0.3 is 0 Å². The number of sulfonamides is 1. The number of rotatable bonds is 7. The van der Waals surface area contributed by atoms with Gasteiger partial charge in [-0.15, -0.1) is 0 Å². The van der Waals surface area contributed by atoms with E-state index in [-0.39, 0.29) is 6.54 Å². The van der Waals surface area contributed by atoms with E-state index in [4.69, 9.17) is 23.2 Å². The van der Waals surface area contributed by atoms with Crippen LogP contribution in [0.5, 0.6) is 0 Å². The number of amides is 1. The molecular formula is C20H24Cl2N2O3S. The van der Waals surface area contributed by atoms with E-state index in [0.29, 0.717) is 27.7 Å². The first-order valence-electron chi connectivity index (χ1n) is 8.82. The van der Waals surface area contributed by atoms with Gasteiger partial charge in [0.15, 0.2) is 0 Å². The van der Waals surface area contributed by atoms with Crippen LogP contribution in [-0.2, 0) is 21.4 Å². The van der Waals surface area contributed by atoms with E-state index >= 15 is 0 Å². The fourth-order valence-corrected chi connectivity index (χ4v) is 4.77. The number of hydrogen-bond acceptors (Lipinski definition) is 3. The average molecular weight is 443 g/mol. The lowest BCUT2D eigenvalue weighted by atomic mass is 10.1. The molecule has 28 heavy (non-hydrogen) atoms. The number of nitrogens with zero attached hydrogens (tertiary/aromatic N) is 1. The van der Waals surface area contributed by atoms with Gasteiger partial charge in [-0.3, -0.25) is 9.10 Å². The lowest BCUT2D eigenvalue weighted by Crippen LogP contribution is -2.49.